The van der Waals surface area contributed by atoms with Gasteiger partial charge in [0.1, 0.15) is 0 Å². The molecule has 0 bridgehead atoms. The molecule has 0 saturated heterocycles. The van der Waals surface area contributed by atoms with Gasteiger partial charge in [0.2, 0.25) is 0 Å². The van der Waals surface area contributed by atoms with Gasteiger partial charge in [0.15, 0.2) is 5.01 Å². The molecule has 16 heavy (non-hydrogen) atoms. The SMILES string of the molecule is CCNCc1sc(C(F)(F)F)nc1C(C)C. The summed E-state index contributed by atoms with van der Waals surface area (Å²) in [5, 5.41) is 2.28. The molecule has 0 aliphatic rings. The highest BCUT2D eigenvalue weighted by atomic mass is 32.1. The third-order valence-electron chi connectivity index (χ3n) is 2.05. The highest BCUT2D eigenvalue weighted by molar-refractivity contribution is 7.11. The van der Waals surface area contributed by atoms with Crippen LogP contribution in [0.2, 0.25) is 0 Å². The molecule has 0 aromatic carbocycles. The van der Waals surface area contributed by atoms with Gasteiger partial charge in [-0.15, -0.1) is 11.3 Å². The number of halogens is 3. The molecule has 1 rings (SSSR count). The summed E-state index contributed by atoms with van der Waals surface area (Å²) in [5.74, 6) is 0.0148. The number of nitrogens with zero attached hydrogens (tertiary/aromatic N) is 1. The van der Waals surface area contributed by atoms with E-state index in [1.54, 1.807) is 0 Å². The molecule has 1 aromatic rings. The second-order valence-corrected chi connectivity index (χ2v) is 4.84. The zero-order valence-corrected chi connectivity index (χ0v) is 10.3. The van der Waals surface area contributed by atoms with Gasteiger partial charge in [0, 0.05) is 11.4 Å². The molecule has 0 amide bonds. The zero-order valence-electron chi connectivity index (χ0n) is 9.48. The van der Waals surface area contributed by atoms with E-state index in [2.05, 4.69) is 10.3 Å². The monoisotopic (exact) mass is 252 g/mol. The second kappa shape index (κ2) is 5.14. The van der Waals surface area contributed by atoms with E-state index in [0.29, 0.717) is 17.1 Å². The van der Waals surface area contributed by atoms with E-state index >= 15 is 0 Å². The Labute approximate surface area is 96.9 Å². The quantitative estimate of drug-likeness (QED) is 0.888. The van der Waals surface area contributed by atoms with Gasteiger partial charge in [0.05, 0.1) is 5.69 Å². The number of rotatable bonds is 4. The van der Waals surface area contributed by atoms with E-state index in [-0.39, 0.29) is 5.92 Å². The summed E-state index contributed by atoms with van der Waals surface area (Å²) in [6.45, 7) is 6.81. The molecule has 0 aliphatic carbocycles. The van der Waals surface area contributed by atoms with Crippen molar-refractivity contribution >= 4 is 11.3 Å². The van der Waals surface area contributed by atoms with Gasteiger partial charge in [-0.1, -0.05) is 20.8 Å². The van der Waals surface area contributed by atoms with Crippen LogP contribution in [-0.2, 0) is 12.7 Å². The first kappa shape index (κ1) is 13.4. The molecular formula is C10H15F3N2S. The Hall–Kier alpha value is -0.620. The van der Waals surface area contributed by atoms with Crippen molar-refractivity contribution in [3.63, 3.8) is 0 Å². The molecular weight excluding hydrogens is 237 g/mol. The van der Waals surface area contributed by atoms with Gasteiger partial charge >= 0.3 is 6.18 Å². The van der Waals surface area contributed by atoms with Crippen molar-refractivity contribution in [2.24, 2.45) is 0 Å². The van der Waals surface area contributed by atoms with Gasteiger partial charge in [-0.25, -0.2) is 4.98 Å². The van der Waals surface area contributed by atoms with Crippen molar-refractivity contribution in [1.29, 1.82) is 0 Å². The van der Waals surface area contributed by atoms with Crippen molar-refractivity contribution in [1.82, 2.24) is 10.3 Å². The standard InChI is InChI=1S/C10H15F3N2S/c1-4-14-5-7-8(6(2)3)15-9(16-7)10(11,12)13/h6,14H,4-5H2,1-3H3. The summed E-state index contributed by atoms with van der Waals surface area (Å²) in [7, 11) is 0. The van der Waals surface area contributed by atoms with Crippen molar-refractivity contribution in [2.75, 3.05) is 6.54 Å². The fourth-order valence-electron chi connectivity index (χ4n) is 1.30. The summed E-state index contributed by atoms with van der Waals surface area (Å²) in [4.78, 5) is 4.37. The number of thiazole rings is 1. The number of hydrogen-bond donors (Lipinski definition) is 1. The molecule has 0 radical (unpaired) electrons. The van der Waals surface area contributed by atoms with Crippen LogP contribution in [0.5, 0.6) is 0 Å². The molecule has 0 aliphatic heterocycles. The van der Waals surface area contributed by atoms with Crippen molar-refractivity contribution < 1.29 is 13.2 Å². The average Bonchev–Trinajstić information content (AvgIpc) is 2.57. The van der Waals surface area contributed by atoms with Crippen LogP contribution < -0.4 is 5.32 Å². The molecule has 0 atom stereocenters. The summed E-state index contributed by atoms with van der Waals surface area (Å²) in [5.41, 5.74) is 0.554. The minimum absolute atomic E-state index is 0.0148. The molecule has 92 valence electrons. The Morgan fingerprint density at radius 1 is 1.38 bits per heavy atom. The first-order valence-electron chi connectivity index (χ1n) is 5.13. The topological polar surface area (TPSA) is 24.9 Å². The fraction of sp³-hybridized carbons (Fsp3) is 0.700. The molecule has 0 unspecified atom stereocenters. The molecule has 1 aromatic heterocycles. The zero-order chi connectivity index (χ0) is 12.3. The highest BCUT2D eigenvalue weighted by Gasteiger charge is 2.36. The normalized spacial score (nSPS) is 12.4. The third-order valence-corrected chi connectivity index (χ3v) is 3.17. The molecule has 6 heteroatoms. The number of aromatic nitrogens is 1. The van der Waals surface area contributed by atoms with Crippen molar-refractivity contribution in [2.45, 2.75) is 39.4 Å². The van der Waals surface area contributed by atoms with E-state index in [0.717, 1.165) is 17.9 Å². The Kier molecular flexibility index (Phi) is 4.32. The van der Waals surface area contributed by atoms with Gasteiger partial charge < -0.3 is 5.32 Å². The second-order valence-electron chi connectivity index (χ2n) is 3.76. The number of nitrogens with one attached hydrogen (secondary N) is 1. The van der Waals surface area contributed by atoms with Gasteiger partial charge in [-0.3, -0.25) is 0 Å². The Bertz CT molecular complexity index is 344. The lowest BCUT2D eigenvalue weighted by atomic mass is 10.1. The highest BCUT2D eigenvalue weighted by Crippen LogP contribution is 2.36. The van der Waals surface area contributed by atoms with Gasteiger partial charge in [0.25, 0.3) is 0 Å². The van der Waals surface area contributed by atoms with Crippen LogP contribution in [0.1, 0.15) is 42.3 Å². The van der Waals surface area contributed by atoms with E-state index in [9.17, 15) is 13.2 Å². The molecule has 2 nitrogen and oxygen atoms in total. The Morgan fingerprint density at radius 3 is 2.44 bits per heavy atom. The Morgan fingerprint density at radius 2 is 2.00 bits per heavy atom. The van der Waals surface area contributed by atoms with E-state index < -0.39 is 11.2 Å². The lowest BCUT2D eigenvalue weighted by molar-refractivity contribution is -0.137. The lowest BCUT2D eigenvalue weighted by Crippen LogP contribution is -2.12. The molecule has 1 heterocycles. The smallest absolute Gasteiger partial charge is 0.312 e. The maximum absolute atomic E-state index is 12.5. The van der Waals surface area contributed by atoms with E-state index in [4.69, 9.17) is 0 Å². The van der Waals surface area contributed by atoms with E-state index in [1.165, 1.54) is 0 Å². The number of alkyl halides is 3. The first-order valence-corrected chi connectivity index (χ1v) is 5.95. The molecule has 1 N–H and O–H groups in total. The Balaban J connectivity index is 3.00. The summed E-state index contributed by atoms with van der Waals surface area (Å²) < 4.78 is 37.5. The first-order chi connectivity index (χ1) is 7.36. The fourth-order valence-corrected chi connectivity index (χ4v) is 2.35. The maximum atomic E-state index is 12.5. The van der Waals surface area contributed by atoms with Crippen LogP contribution >= 0.6 is 11.3 Å². The largest absolute Gasteiger partial charge is 0.443 e. The van der Waals surface area contributed by atoms with Crippen molar-refractivity contribution in [3.05, 3.63) is 15.6 Å². The predicted molar refractivity (Wildman–Crippen MR) is 58.6 cm³/mol. The van der Waals surface area contributed by atoms with Crippen LogP contribution in [0.4, 0.5) is 13.2 Å². The summed E-state index contributed by atoms with van der Waals surface area (Å²) in [6, 6.07) is 0. The minimum atomic E-state index is -4.33. The third kappa shape index (κ3) is 3.18. The van der Waals surface area contributed by atoms with Crippen LogP contribution in [0, 0.1) is 0 Å². The molecule has 0 fully saturated rings. The van der Waals surface area contributed by atoms with Crippen molar-refractivity contribution in [3.8, 4) is 0 Å². The molecule has 0 spiro atoms. The summed E-state index contributed by atoms with van der Waals surface area (Å²) in [6.07, 6.45) is -4.33. The van der Waals surface area contributed by atoms with Crippen LogP contribution in [0.3, 0.4) is 0 Å². The average molecular weight is 252 g/mol. The molecule has 0 saturated carbocycles. The lowest BCUT2D eigenvalue weighted by Gasteiger charge is -2.04. The van der Waals surface area contributed by atoms with E-state index in [1.807, 2.05) is 20.8 Å². The minimum Gasteiger partial charge on any atom is -0.312 e. The maximum Gasteiger partial charge on any atom is 0.443 e. The van der Waals surface area contributed by atoms with Gasteiger partial charge in [-0.05, 0) is 12.5 Å². The van der Waals surface area contributed by atoms with Gasteiger partial charge in [-0.2, -0.15) is 13.2 Å². The van der Waals surface area contributed by atoms with Crippen LogP contribution in [0.15, 0.2) is 0 Å². The predicted octanol–water partition coefficient (Wildman–Crippen LogP) is 3.39. The van der Waals surface area contributed by atoms with Crippen LogP contribution in [0.25, 0.3) is 0 Å². The number of hydrogen-bond acceptors (Lipinski definition) is 3. The van der Waals surface area contributed by atoms with Crippen LogP contribution in [-0.4, -0.2) is 11.5 Å². The summed E-state index contributed by atoms with van der Waals surface area (Å²) >= 11 is 0.736.